The monoisotopic (exact) mass is 229 g/mol. The number of amides is 1. The van der Waals surface area contributed by atoms with E-state index in [0.717, 1.165) is 13.0 Å². The van der Waals surface area contributed by atoms with Gasteiger partial charge in [0.2, 0.25) is 5.91 Å². The first-order valence-corrected chi connectivity index (χ1v) is 6.21. The van der Waals surface area contributed by atoms with Gasteiger partial charge in [-0.3, -0.25) is 4.79 Å². The van der Waals surface area contributed by atoms with E-state index in [2.05, 4.69) is 27.7 Å². The maximum Gasteiger partial charge on any atom is 0.222 e. The second-order valence-electron chi connectivity index (χ2n) is 5.58. The summed E-state index contributed by atoms with van der Waals surface area (Å²) in [4.78, 5) is 13.8. The lowest BCUT2D eigenvalue weighted by molar-refractivity contribution is -0.133. The largest absolute Gasteiger partial charge is 0.395 e. The van der Waals surface area contributed by atoms with Crippen molar-refractivity contribution < 1.29 is 9.90 Å². The standard InChI is InChI=1S/C13H27NO2/c1-6-7-14(8-9-15)12(16)10-11(2)13(3,4)5/h11,15H,6-10H2,1-5H3. The van der Waals surface area contributed by atoms with Gasteiger partial charge in [-0.15, -0.1) is 0 Å². The molecule has 96 valence electrons. The highest BCUT2D eigenvalue weighted by Gasteiger charge is 2.24. The molecule has 1 atom stereocenters. The molecule has 0 saturated heterocycles. The fourth-order valence-electron chi connectivity index (χ4n) is 1.45. The van der Waals surface area contributed by atoms with Crippen molar-refractivity contribution in [3.63, 3.8) is 0 Å². The van der Waals surface area contributed by atoms with Crippen LogP contribution in [0, 0.1) is 11.3 Å². The van der Waals surface area contributed by atoms with Crippen LogP contribution in [0.15, 0.2) is 0 Å². The Morgan fingerprint density at radius 1 is 1.31 bits per heavy atom. The van der Waals surface area contributed by atoms with E-state index in [-0.39, 0.29) is 17.9 Å². The van der Waals surface area contributed by atoms with Crippen molar-refractivity contribution in [2.24, 2.45) is 11.3 Å². The van der Waals surface area contributed by atoms with Gasteiger partial charge in [0.1, 0.15) is 0 Å². The van der Waals surface area contributed by atoms with Crippen LogP contribution in [-0.4, -0.2) is 35.6 Å². The van der Waals surface area contributed by atoms with E-state index < -0.39 is 0 Å². The number of hydrogen-bond acceptors (Lipinski definition) is 2. The van der Waals surface area contributed by atoms with Gasteiger partial charge in [-0.25, -0.2) is 0 Å². The van der Waals surface area contributed by atoms with Gasteiger partial charge in [0.15, 0.2) is 0 Å². The predicted molar refractivity (Wildman–Crippen MR) is 67.2 cm³/mol. The molecule has 0 bridgehead atoms. The second kappa shape index (κ2) is 6.89. The zero-order valence-electron chi connectivity index (χ0n) is 11.4. The molecule has 3 nitrogen and oxygen atoms in total. The lowest BCUT2D eigenvalue weighted by atomic mass is 9.80. The maximum absolute atomic E-state index is 12.0. The third-order valence-corrected chi connectivity index (χ3v) is 3.18. The first-order chi connectivity index (χ1) is 7.32. The van der Waals surface area contributed by atoms with Crippen LogP contribution in [0.4, 0.5) is 0 Å². The quantitative estimate of drug-likeness (QED) is 0.759. The van der Waals surface area contributed by atoms with Gasteiger partial charge in [-0.05, 0) is 17.8 Å². The van der Waals surface area contributed by atoms with Crippen molar-refractivity contribution in [2.75, 3.05) is 19.7 Å². The molecule has 0 aliphatic rings. The van der Waals surface area contributed by atoms with E-state index in [4.69, 9.17) is 5.11 Å². The van der Waals surface area contributed by atoms with Gasteiger partial charge < -0.3 is 10.0 Å². The molecule has 0 saturated carbocycles. The number of aliphatic hydroxyl groups is 1. The average Bonchev–Trinajstić information content (AvgIpc) is 2.15. The van der Waals surface area contributed by atoms with Crippen molar-refractivity contribution >= 4 is 5.91 Å². The van der Waals surface area contributed by atoms with E-state index >= 15 is 0 Å². The van der Waals surface area contributed by atoms with E-state index in [1.54, 1.807) is 4.90 Å². The molecule has 0 rings (SSSR count). The highest BCUT2D eigenvalue weighted by Crippen LogP contribution is 2.28. The molecule has 1 N–H and O–H groups in total. The fourth-order valence-corrected chi connectivity index (χ4v) is 1.45. The van der Waals surface area contributed by atoms with Crippen molar-refractivity contribution in [1.29, 1.82) is 0 Å². The highest BCUT2D eigenvalue weighted by molar-refractivity contribution is 5.76. The summed E-state index contributed by atoms with van der Waals surface area (Å²) in [5, 5.41) is 8.91. The van der Waals surface area contributed by atoms with Crippen LogP contribution in [-0.2, 0) is 4.79 Å². The van der Waals surface area contributed by atoms with Crippen molar-refractivity contribution in [1.82, 2.24) is 4.90 Å². The molecule has 0 fully saturated rings. The number of carbonyl (C=O) groups excluding carboxylic acids is 1. The van der Waals surface area contributed by atoms with Gasteiger partial charge in [-0.1, -0.05) is 34.6 Å². The van der Waals surface area contributed by atoms with E-state index in [9.17, 15) is 4.79 Å². The van der Waals surface area contributed by atoms with Crippen LogP contribution in [0.3, 0.4) is 0 Å². The molecular formula is C13H27NO2. The number of hydrogen-bond donors (Lipinski definition) is 1. The molecule has 0 aliphatic carbocycles. The van der Waals surface area contributed by atoms with Gasteiger partial charge >= 0.3 is 0 Å². The van der Waals surface area contributed by atoms with E-state index in [0.29, 0.717) is 18.9 Å². The third kappa shape index (κ3) is 5.50. The zero-order chi connectivity index (χ0) is 12.8. The molecular weight excluding hydrogens is 202 g/mol. The van der Waals surface area contributed by atoms with Crippen LogP contribution < -0.4 is 0 Å². The molecule has 1 unspecified atom stereocenters. The minimum Gasteiger partial charge on any atom is -0.395 e. The van der Waals surface area contributed by atoms with Gasteiger partial charge in [0.25, 0.3) is 0 Å². The molecule has 16 heavy (non-hydrogen) atoms. The molecule has 0 radical (unpaired) electrons. The van der Waals surface area contributed by atoms with Gasteiger partial charge in [0, 0.05) is 19.5 Å². The molecule has 0 aliphatic heterocycles. The summed E-state index contributed by atoms with van der Waals surface area (Å²) < 4.78 is 0. The van der Waals surface area contributed by atoms with Crippen molar-refractivity contribution in [2.45, 2.75) is 47.5 Å². The summed E-state index contributed by atoms with van der Waals surface area (Å²) in [5.74, 6) is 0.524. The summed E-state index contributed by atoms with van der Waals surface area (Å²) in [6, 6.07) is 0. The average molecular weight is 229 g/mol. The summed E-state index contributed by atoms with van der Waals surface area (Å²) in [5.41, 5.74) is 0.159. The Balaban J connectivity index is 4.29. The molecule has 0 aromatic rings. The van der Waals surface area contributed by atoms with Gasteiger partial charge in [0.05, 0.1) is 6.61 Å². The van der Waals surface area contributed by atoms with Crippen molar-refractivity contribution in [3.8, 4) is 0 Å². The summed E-state index contributed by atoms with van der Waals surface area (Å²) in [6.07, 6.45) is 1.51. The Morgan fingerprint density at radius 3 is 2.25 bits per heavy atom. The normalized spacial score (nSPS) is 13.6. The van der Waals surface area contributed by atoms with Crippen LogP contribution in [0.25, 0.3) is 0 Å². The first kappa shape index (κ1) is 15.4. The fraction of sp³-hybridized carbons (Fsp3) is 0.923. The number of aliphatic hydroxyl groups excluding tert-OH is 1. The number of nitrogens with zero attached hydrogens (tertiary/aromatic N) is 1. The first-order valence-electron chi connectivity index (χ1n) is 6.21. The number of rotatable bonds is 6. The van der Waals surface area contributed by atoms with E-state index in [1.165, 1.54) is 0 Å². The molecule has 0 heterocycles. The molecule has 3 heteroatoms. The van der Waals surface area contributed by atoms with Crippen molar-refractivity contribution in [3.05, 3.63) is 0 Å². The third-order valence-electron chi connectivity index (χ3n) is 3.18. The lowest BCUT2D eigenvalue weighted by Gasteiger charge is -2.29. The topological polar surface area (TPSA) is 40.5 Å². The zero-order valence-corrected chi connectivity index (χ0v) is 11.4. The van der Waals surface area contributed by atoms with E-state index in [1.807, 2.05) is 6.92 Å². The SMILES string of the molecule is CCCN(CCO)C(=O)CC(C)C(C)(C)C. The Bertz CT molecular complexity index is 202. The van der Waals surface area contributed by atoms with Crippen LogP contribution >= 0.6 is 0 Å². The van der Waals surface area contributed by atoms with Crippen LogP contribution in [0.1, 0.15) is 47.5 Å². The summed E-state index contributed by atoms with van der Waals surface area (Å²) in [7, 11) is 0. The van der Waals surface area contributed by atoms with Gasteiger partial charge in [-0.2, -0.15) is 0 Å². The van der Waals surface area contributed by atoms with Crippen LogP contribution in [0.5, 0.6) is 0 Å². The molecule has 0 spiro atoms. The number of carbonyl (C=O) groups is 1. The summed E-state index contributed by atoms with van der Waals surface area (Å²) in [6.45, 7) is 11.9. The highest BCUT2D eigenvalue weighted by atomic mass is 16.3. The second-order valence-corrected chi connectivity index (χ2v) is 5.58. The summed E-state index contributed by atoms with van der Waals surface area (Å²) >= 11 is 0. The smallest absolute Gasteiger partial charge is 0.222 e. The Labute approximate surface area is 99.8 Å². The predicted octanol–water partition coefficient (Wildman–Crippen LogP) is 2.29. The minimum absolute atomic E-state index is 0.0512. The molecule has 0 aromatic carbocycles. The Kier molecular flexibility index (Phi) is 6.65. The Hall–Kier alpha value is -0.570. The molecule has 1 amide bonds. The Morgan fingerprint density at radius 2 is 1.88 bits per heavy atom. The minimum atomic E-state index is 0.0512. The maximum atomic E-state index is 12.0. The molecule has 0 aromatic heterocycles. The van der Waals surface area contributed by atoms with Crippen LogP contribution in [0.2, 0.25) is 0 Å². The lowest BCUT2D eigenvalue weighted by Crippen LogP contribution is -2.36.